The van der Waals surface area contributed by atoms with Crippen molar-refractivity contribution in [3.63, 3.8) is 0 Å². The lowest BCUT2D eigenvalue weighted by atomic mass is 9.93. The SMILES string of the molecule is O=S(=O)(NC1CCCCC1O)c1cc(F)c(F)cc1F. The number of benzene rings is 1. The van der Waals surface area contributed by atoms with Crippen LogP contribution in [-0.4, -0.2) is 25.7 Å². The van der Waals surface area contributed by atoms with E-state index in [1.54, 1.807) is 0 Å². The summed E-state index contributed by atoms with van der Waals surface area (Å²) in [6, 6.07) is -0.273. The summed E-state index contributed by atoms with van der Waals surface area (Å²) in [5.74, 6) is -4.28. The third-order valence-electron chi connectivity index (χ3n) is 3.30. The normalized spacial score (nSPS) is 23.8. The van der Waals surface area contributed by atoms with Crippen LogP contribution in [0.5, 0.6) is 0 Å². The Kier molecular flexibility index (Phi) is 4.36. The smallest absolute Gasteiger partial charge is 0.243 e. The molecule has 0 radical (unpaired) electrons. The number of nitrogens with one attached hydrogen (secondary N) is 1. The molecule has 0 heterocycles. The van der Waals surface area contributed by atoms with Crippen LogP contribution >= 0.6 is 0 Å². The van der Waals surface area contributed by atoms with Crippen LogP contribution in [0.4, 0.5) is 13.2 Å². The molecule has 0 spiro atoms. The molecule has 8 heteroatoms. The minimum absolute atomic E-state index is 0.182. The molecular formula is C12H14F3NO3S. The van der Waals surface area contributed by atoms with Gasteiger partial charge in [-0.3, -0.25) is 0 Å². The zero-order chi connectivity index (χ0) is 14.9. The summed E-state index contributed by atoms with van der Waals surface area (Å²) in [7, 11) is -4.35. The predicted octanol–water partition coefficient (Wildman–Crippen LogP) is 1.69. The van der Waals surface area contributed by atoms with Crippen LogP contribution in [0, 0.1) is 17.5 Å². The van der Waals surface area contributed by atoms with Gasteiger partial charge in [-0.15, -0.1) is 0 Å². The zero-order valence-corrected chi connectivity index (χ0v) is 11.3. The second-order valence-corrected chi connectivity index (χ2v) is 6.46. The van der Waals surface area contributed by atoms with Gasteiger partial charge < -0.3 is 5.11 Å². The molecule has 2 unspecified atom stereocenters. The minimum Gasteiger partial charge on any atom is -0.391 e. The van der Waals surface area contributed by atoms with Crippen LogP contribution in [0.15, 0.2) is 17.0 Å². The Balaban J connectivity index is 2.28. The highest BCUT2D eigenvalue weighted by atomic mass is 32.2. The van der Waals surface area contributed by atoms with Gasteiger partial charge in [0.15, 0.2) is 11.6 Å². The predicted molar refractivity (Wildman–Crippen MR) is 64.9 cm³/mol. The van der Waals surface area contributed by atoms with Crippen molar-refractivity contribution in [3.05, 3.63) is 29.6 Å². The van der Waals surface area contributed by atoms with E-state index in [2.05, 4.69) is 4.72 Å². The zero-order valence-electron chi connectivity index (χ0n) is 10.4. The molecule has 0 bridgehead atoms. The molecule has 1 aromatic carbocycles. The number of hydrogen-bond donors (Lipinski definition) is 2. The van der Waals surface area contributed by atoms with E-state index < -0.39 is 44.5 Å². The highest BCUT2D eigenvalue weighted by molar-refractivity contribution is 7.89. The van der Waals surface area contributed by atoms with Gasteiger partial charge in [0.05, 0.1) is 6.10 Å². The van der Waals surface area contributed by atoms with Crippen LogP contribution in [-0.2, 0) is 10.0 Å². The highest BCUT2D eigenvalue weighted by Gasteiger charge is 2.30. The van der Waals surface area contributed by atoms with Crippen LogP contribution in [0.25, 0.3) is 0 Å². The van der Waals surface area contributed by atoms with Gasteiger partial charge in [0, 0.05) is 12.1 Å². The average Bonchev–Trinajstić information content (AvgIpc) is 2.36. The summed E-state index contributed by atoms with van der Waals surface area (Å²) in [4.78, 5) is -0.964. The molecule has 0 aromatic heterocycles. The maximum atomic E-state index is 13.5. The standard InChI is InChI=1S/C12H14F3NO3S/c13-7-5-9(15)12(6-8(7)14)20(18,19)16-10-3-1-2-4-11(10)17/h5-6,10-11,16-17H,1-4H2. The molecule has 1 aliphatic rings. The molecule has 20 heavy (non-hydrogen) atoms. The van der Waals surface area contributed by atoms with Gasteiger partial charge in [0.1, 0.15) is 10.7 Å². The molecule has 2 rings (SSSR count). The first-order valence-corrected chi connectivity index (χ1v) is 7.64. The second kappa shape index (κ2) is 5.71. The molecule has 1 saturated carbocycles. The van der Waals surface area contributed by atoms with Gasteiger partial charge in [-0.2, -0.15) is 0 Å². The van der Waals surface area contributed by atoms with Gasteiger partial charge in [0.2, 0.25) is 10.0 Å². The number of sulfonamides is 1. The minimum atomic E-state index is -4.35. The first kappa shape index (κ1) is 15.3. The van der Waals surface area contributed by atoms with Gasteiger partial charge in [-0.05, 0) is 18.9 Å². The number of aliphatic hydroxyl groups is 1. The van der Waals surface area contributed by atoms with Gasteiger partial charge >= 0.3 is 0 Å². The Morgan fingerprint density at radius 2 is 1.65 bits per heavy atom. The quantitative estimate of drug-likeness (QED) is 0.835. The van der Waals surface area contributed by atoms with Crippen molar-refractivity contribution >= 4 is 10.0 Å². The molecule has 0 amide bonds. The number of halogens is 3. The fourth-order valence-electron chi connectivity index (χ4n) is 2.22. The maximum Gasteiger partial charge on any atom is 0.243 e. The number of hydrogen-bond acceptors (Lipinski definition) is 3. The van der Waals surface area contributed by atoms with Crippen molar-refractivity contribution in [1.29, 1.82) is 0 Å². The molecule has 4 nitrogen and oxygen atoms in total. The Morgan fingerprint density at radius 3 is 2.30 bits per heavy atom. The van der Waals surface area contributed by atoms with Crippen LogP contribution in [0.2, 0.25) is 0 Å². The van der Waals surface area contributed by atoms with Gasteiger partial charge in [-0.1, -0.05) is 12.8 Å². The van der Waals surface area contributed by atoms with Gasteiger partial charge in [0.25, 0.3) is 0 Å². The van der Waals surface area contributed by atoms with Crippen molar-refractivity contribution in [2.45, 2.75) is 42.7 Å². The van der Waals surface area contributed by atoms with Crippen LogP contribution in [0.3, 0.4) is 0 Å². The van der Waals surface area contributed by atoms with E-state index >= 15 is 0 Å². The maximum absolute atomic E-state index is 13.5. The van der Waals surface area contributed by atoms with Gasteiger partial charge in [-0.25, -0.2) is 26.3 Å². The van der Waals surface area contributed by atoms with Crippen LogP contribution in [0.1, 0.15) is 25.7 Å². The lowest BCUT2D eigenvalue weighted by Gasteiger charge is -2.28. The van der Waals surface area contributed by atoms with Crippen molar-refractivity contribution < 1.29 is 26.7 Å². The van der Waals surface area contributed by atoms with E-state index in [0.717, 1.165) is 12.8 Å². The number of aliphatic hydroxyl groups excluding tert-OH is 1. The summed E-state index contributed by atoms with van der Waals surface area (Å²) in [6.07, 6.45) is 1.48. The largest absolute Gasteiger partial charge is 0.391 e. The van der Waals surface area contributed by atoms with Crippen molar-refractivity contribution in [1.82, 2.24) is 4.72 Å². The summed E-state index contributed by atoms with van der Waals surface area (Å²) in [6.45, 7) is 0. The molecule has 0 aliphatic heterocycles. The van der Waals surface area contributed by atoms with E-state index in [0.29, 0.717) is 18.9 Å². The summed E-state index contributed by atoms with van der Waals surface area (Å²) >= 11 is 0. The lowest BCUT2D eigenvalue weighted by Crippen LogP contribution is -2.45. The van der Waals surface area contributed by atoms with Crippen LogP contribution < -0.4 is 4.72 Å². The summed E-state index contributed by atoms with van der Waals surface area (Å²) in [5.41, 5.74) is 0. The molecule has 2 atom stereocenters. The Morgan fingerprint density at radius 1 is 1.05 bits per heavy atom. The van der Waals surface area contributed by atoms with E-state index in [-0.39, 0.29) is 6.07 Å². The fourth-order valence-corrected chi connectivity index (χ4v) is 3.60. The van der Waals surface area contributed by atoms with E-state index in [1.807, 2.05) is 0 Å². The molecule has 0 saturated heterocycles. The Labute approximate surface area is 114 Å². The molecular weight excluding hydrogens is 295 g/mol. The Bertz CT molecular complexity index is 606. The van der Waals surface area contributed by atoms with E-state index in [4.69, 9.17) is 0 Å². The first-order valence-electron chi connectivity index (χ1n) is 6.16. The molecule has 1 aromatic rings. The fraction of sp³-hybridized carbons (Fsp3) is 0.500. The van der Waals surface area contributed by atoms with E-state index in [1.165, 1.54) is 0 Å². The first-order chi connectivity index (χ1) is 9.31. The lowest BCUT2D eigenvalue weighted by molar-refractivity contribution is 0.101. The number of rotatable bonds is 3. The summed E-state index contributed by atoms with van der Waals surface area (Å²) < 4.78 is 65.4. The molecule has 2 N–H and O–H groups in total. The monoisotopic (exact) mass is 309 g/mol. The second-order valence-electron chi connectivity index (χ2n) is 4.78. The summed E-state index contributed by atoms with van der Waals surface area (Å²) in [5, 5.41) is 9.69. The molecule has 1 aliphatic carbocycles. The van der Waals surface area contributed by atoms with Crippen molar-refractivity contribution in [2.24, 2.45) is 0 Å². The topological polar surface area (TPSA) is 66.4 Å². The van der Waals surface area contributed by atoms with Crippen molar-refractivity contribution in [3.8, 4) is 0 Å². The third-order valence-corrected chi connectivity index (χ3v) is 4.81. The highest BCUT2D eigenvalue weighted by Crippen LogP contribution is 2.23. The average molecular weight is 309 g/mol. The Hall–Kier alpha value is -1.12. The van der Waals surface area contributed by atoms with Crippen molar-refractivity contribution in [2.75, 3.05) is 0 Å². The molecule has 1 fully saturated rings. The molecule has 112 valence electrons. The third kappa shape index (κ3) is 3.13. The van der Waals surface area contributed by atoms with E-state index in [9.17, 15) is 26.7 Å².